The van der Waals surface area contributed by atoms with Gasteiger partial charge in [0.05, 0.1) is 17.5 Å². The predicted octanol–water partition coefficient (Wildman–Crippen LogP) is 2.90. The summed E-state index contributed by atoms with van der Waals surface area (Å²) >= 11 is 0. The highest BCUT2D eigenvalue weighted by Gasteiger charge is 2.32. The molecule has 5 rings (SSSR count). The molecule has 9 nitrogen and oxygen atoms in total. The van der Waals surface area contributed by atoms with E-state index in [1.54, 1.807) is 48.8 Å². The van der Waals surface area contributed by atoms with Gasteiger partial charge in [-0.2, -0.15) is 10.2 Å². The van der Waals surface area contributed by atoms with Gasteiger partial charge in [-0.15, -0.1) is 5.10 Å². The van der Waals surface area contributed by atoms with Crippen LogP contribution in [0.3, 0.4) is 0 Å². The summed E-state index contributed by atoms with van der Waals surface area (Å²) in [6.45, 7) is 0. The van der Waals surface area contributed by atoms with Gasteiger partial charge in [0.2, 0.25) is 11.9 Å². The number of nitrogens with zero attached hydrogens (tertiary/aromatic N) is 5. The minimum Gasteiger partial charge on any atom is -0.453 e. The van der Waals surface area contributed by atoms with Gasteiger partial charge in [0, 0.05) is 35.3 Å². The fourth-order valence-electron chi connectivity index (χ4n) is 3.48. The second-order valence-electron chi connectivity index (χ2n) is 6.96. The number of carbonyl (C=O) groups excluding carboxylic acids is 2. The second-order valence-corrected chi connectivity index (χ2v) is 6.96. The maximum atomic E-state index is 12.5. The van der Waals surface area contributed by atoms with Gasteiger partial charge < -0.3 is 4.74 Å². The summed E-state index contributed by atoms with van der Waals surface area (Å²) < 4.78 is 6.84. The monoisotopic (exact) mass is 410 g/mol. The Morgan fingerprint density at radius 1 is 1.19 bits per heavy atom. The average Bonchev–Trinajstić information content (AvgIpc) is 3.33. The number of benzene rings is 1. The number of ether oxygens (including phenoxy) is 1. The van der Waals surface area contributed by atoms with Crippen LogP contribution < -0.4 is 5.32 Å². The van der Waals surface area contributed by atoms with E-state index in [-0.39, 0.29) is 18.3 Å². The lowest BCUT2D eigenvalue weighted by atomic mass is 10.0. The average molecular weight is 410 g/mol. The van der Waals surface area contributed by atoms with Gasteiger partial charge in [-0.3, -0.25) is 15.1 Å². The molecule has 0 saturated carbocycles. The van der Waals surface area contributed by atoms with Crippen LogP contribution in [0.25, 0.3) is 16.8 Å². The van der Waals surface area contributed by atoms with Crippen LogP contribution in [0.1, 0.15) is 34.0 Å². The highest BCUT2D eigenvalue weighted by Crippen LogP contribution is 2.32. The molecule has 4 aromatic rings. The Bertz CT molecular complexity index is 1390. The molecule has 0 unspecified atom stereocenters. The molecule has 0 aliphatic carbocycles. The summed E-state index contributed by atoms with van der Waals surface area (Å²) in [5, 5.41) is 16.0. The van der Waals surface area contributed by atoms with E-state index in [0.717, 1.165) is 11.1 Å². The topological polar surface area (TPSA) is 122 Å². The minimum absolute atomic E-state index is 0.0316. The molecule has 3 aromatic heterocycles. The van der Waals surface area contributed by atoms with E-state index < -0.39 is 12.1 Å². The Morgan fingerprint density at radius 2 is 2.06 bits per heavy atom. The fraction of sp³-hybridized carbons (Fsp3) is 0.0909. The van der Waals surface area contributed by atoms with E-state index >= 15 is 0 Å². The number of nitrogens with one attached hydrogen (secondary N) is 1. The number of fused-ring (bicyclic) bond motifs is 2. The van der Waals surface area contributed by atoms with Crippen molar-refractivity contribution in [2.24, 2.45) is 0 Å². The second kappa shape index (κ2) is 7.35. The molecular weight excluding hydrogens is 396 g/mol. The SMILES string of the molecule is N#Cc1cncc(-c2ccc3nc(NC(=O)C[C@H]4OC(=O)c5ccccc54)nn3c2)c1. The molecule has 1 atom stereocenters. The Balaban J connectivity index is 1.34. The molecule has 4 heterocycles. The van der Waals surface area contributed by atoms with E-state index in [9.17, 15) is 9.59 Å². The van der Waals surface area contributed by atoms with Crippen LogP contribution in [-0.4, -0.2) is 31.5 Å². The largest absolute Gasteiger partial charge is 0.453 e. The van der Waals surface area contributed by atoms with Gasteiger partial charge in [0.15, 0.2) is 5.65 Å². The van der Waals surface area contributed by atoms with E-state index in [4.69, 9.17) is 10.00 Å². The lowest BCUT2D eigenvalue weighted by Gasteiger charge is -2.09. The number of rotatable bonds is 4. The third-order valence-electron chi connectivity index (χ3n) is 4.93. The van der Waals surface area contributed by atoms with Crippen LogP contribution in [0.5, 0.6) is 0 Å². The van der Waals surface area contributed by atoms with Crippen molar-refractivity contribution in [1.29, 1.82) is 5.26 Å². The number of nitriles is 1. The van der Waals surface area contributed by atoms with Gasteiger partial charge in [-0.1, -0.05) is 18.2 Å². The smallest absolute Gasteiger partial charge is 0.339 e. The summed E-state index contributed by atoms with van der Waals surface area (Å²) in [7, 11) is 0. The Morgan fingerprint density at radius 3 is 2.94 bits per heavy atom. The Hall–Kier alpha value is -4.58. The number of hydrogen-bond donors (Lipinski definition) is 1. The third-order valence-corrected chi connectivity index (χ3v) is 4.93. The van der Waals surface area contributed by atoms with Crippen molar-refractivity contribution in [2.45, 2.75) is 12.5 Å². The van der Waals surface area contributed by atoms with Gasteiger partial charge >= 0.3 is 5.97 Å². The summed E-state index contributed by atoms with van der Waals surface area (Å²) in [5.74, 6) is -0.651. The van der Waals surface area contributed by atoms with Crippen molar-refractivity contribution < 1.29 is 14.3 Å². The van der Waals surface area contributed by atoms with Crippen molar-refractivity contribution >= 4 is 23.5 Å². The molecule has 1 aromatic carbocycles. The molecule has 1 amide bonds. The first-order chi connectivity index (χ1) is 15.1. The van der Waals surface area contributed by atoms with E-state index in [1.165, 1.54) is 10.7 Å². The van der Waals surface area contributed by atoms with Gasteiger partial charge in [-0.25, -0.2) is 9.31 Å². The predicted molar refractivity (Wildman–Crippen MR) is 109 cm³/mol. The molecule has 0 radical (unpaired) electrons. The maximum Gasteiger partial charge on any atom is 0.339 e. The normalized spacial score (nSPS) is 14.7. The van der Waals surface area contributed by atoms with Crippen LogP contribution in [0.15, 0.2) is 61.1 Å². The number of esters is 1. The molecule has 9 heteroatoms. The van der Waals surface area contributed by atoms with Crippen LogP contribution in [0, 0.1) is 11.3 Å². The van der Waals surface area contributed by atoms with Crippen molar-refractivity contribution in [1.82, 2.24) is 19.6 Å². The van der Waals surface area contributed by atoms with Gasteiger partial charge in [-0.05, 0) is 24.3 Å². The fourth-order valence-corrected chi connectivity index (χ4v) is 3.48. The van der Waals surface area contributed by atoms with Crippen molar-refractivity contribution in [3.63, 3.8) is 0 Å². The van der Waals surface area contributed by atoms with Crippen molar-refractivity contribution in [3.8, 4) is 17.2 Å². The highest BCUT2D eigenvalue weighted by atomic mass is 16.5. The maximum absolute atomic E-state index is 12.5. The molecule has 31 heavy (non-hydrogen) atoms. The van der Waals surface area contributed by atoms with Crippen LogP contribution in [0.4, 0.5) is 5.95 Å². The van der Waals surface area contributed by atoms with Crippen LogP contribution >= 0.6 is 0 Å². The van der Waals surface area contributed by atoms with Crippen LogP contribution in [0.2, 0.25) is 0 Å². The lowest BCUT2D eigenvalue weighted by molar-refractivity contribution is -0.118. The Kier molecular flexibility index (Phi) is 4.37. The van der Waals surface area contributed by atoms with Crippen molar-refractivity contribution in [3.05, 3.63) is 77.7 Å². The lowest BCUT2D eigenvalue weighted by Crippen LogP contribution is -2.16. The number of cyclic esters (lactones) is 1. The summed E-state index contributed by atoms with van der Waals surface area (Å²) in [5.41, 5.74) is 3.75. The molecule has 1 aliphatic heterocycles. The molecule has 1 aliphatic rings. The third kappa shape index (κ3) is 3.47. The summed E-state index contributed by atoms with van der Waals surface area (Å²) in [4.78, 5) is 32.8. The van der Waals surface area contributed by atoms with Gasteiger partial charge in [0.25, 0.3) is 0 Å². The number of hydrogen-bond acceptors (Lipinski definition) is 7. The van der Waals surface area contributed by atoms with Crippen LogP contribution in [-0.2, 0) is 9.53 Å². The Labute approximate surface area is 175 Å². The zero-order chi connectivity index (χ0) is 21.4. The molecular formula is C22H14N6O3. The first-order valence-electron chi connectivity index (χ1n) is 9.42. The highest BCUT2D eigenvalue weighted by molar-refractivity contribution is 5.96. The zero-order valence-corrected chi connectivity index (χ0v) is 16.0. The number of carbonyl (C=O) groups is 2. The first kappa shape index (κ1) is 18.4. The molecule has 0 bridgehead atoms. The number of aromatic nitrogens is 4. The zero-order valence-electron chi connectivity index (χ0n) is 16.0. The quantitative estimate of drug-likeness (QED) is 0.513. The van der Waals surface area contributed by atoms with E-state index in [1.807, 2.05) is 6.07 Å². The summed E-state index contributed by atoms with van der Waals surface area (Å²) in [6.07, 6.45) is 4.22. The molecule has 0 fully saturated rings. The van der Waals surface area contributed by atoms with E-state index in [0.29, 0.717) is 22.3 Å². The minimum atomic E-state index is -0.632. The molecule has 150 valence electrons. The number of pyridine rings is 2. The summed E-state index contributed by atoms with van der Waals surface area (Å²) in [6, 6.07) is 14.4. The molecule has 0 saturated heterocycles. The van der Waals surface area contributed by atoms with Gasteiger partial charge in [0.1, 0.15) is 12.2 Å². The molecule has 0 spiro atoms. The van der Waals surface area contributed by atoms with Crippen molar-refractivity contribution in [2.75, 3.05) is 5.32 Å². The number of amides is 1. The molecule has 1 N–H and O–H groups in total. The number of anilines is 1. The standard InChI is InChI=1S/C22H14N6O3/c23-9-13-7-15(11-24-10-13)14-5-6-19-25-22(27-28(19)12-14)26-20(29)8-18-16-3-1-2-4-17(16)21(30)31-18/h1-7,10-12,18H,8H2,(H,26,27,29)/t18-/m1/s1. The first-order valence-corrected chi connectivity index (χ1v) is 9.42. The van der Waals surface area contributed by atoms with E-state index in [2.05, 4.69) is 26.5 Å².